The van der Waals surface area contributed by atoms with Gasteiger partial charge in [0.05, 0.1) is 23.3 Å². The Bertz CT molecular complexity index is 522. The van der Waals surface area contributed by atoms with Crippen molar-refractivity contribution in [3.05, 3.63) is 35.1 Å². The number of rotatable bonds is 1. The highest BCUT2D eigenvalue weighted by atomic mass is 19.4. The molecule has 1 aliphatic rings. The molecule has 8 heteroatoms. The fourth-order valence-electron chi connectivity index (χ4n) is 1.97. The molecule has 0 radical (unpaired) electrons. The van der Waals surface area contributed by atoms with Gasteiger partial charge in [-0.15, -0.1) is 0 Å². The van der Waals surface area contributed by atoms with E-state index in [9.17, 15) is 32.6 Å². The van der Waals surface area contributed by atoms with Crippen molar-refractivity contribution in [2.24, 2.45) is 0 Å². The van der Waals surface area contributed by atoms with Gasteiger partial charge in [0.1, 0.15) is 5.82 Å². The van der Waals surface area contributed by atoms with Crippen molar-refractivity contribution in [2.45, 2.75) is 18.4 Å². The number of halogens is 4. The molecular weight excluding hydrogens is 282 g/mol. The molecule has 0 saturated carbocycles. The minimum atomic E-state index is -4.69. The monoisotopic (exact) mass is 293 g/mol. The van der Waals surface area contributed by atoms with Crippen LogP contribution in [-0.4, -0.2) is 46.3 Å². The highest BCUT2D eigenvalue weighted by Crippen LogP contribution is 2.30. The van der Waals surface area contributed by atoms with Crippen LogP contribution >= 0.6 is 0 Å². The molecule has 1 amide bonds. The molecule has 1 saturated heterocycles. The van der Waals surface area contributed by atoms with Crippen molar-refractivity contribution in [2.75, 3.05) is 13.1 Å². The minimum Gasteiger partial charge on any atom is -0.388 e. The van der Waals surface area contributed by atoms with Gasteiger partial charge in [0.25, 0.3) is 5.91 Å². The van der Waals surface area contributed by atoms with E-state index < -0.39 is 41.2 Å². The Morgan fingerprint density at radius 2 is 1.75 bits per heavy atom. The predicted molar refractivity (Wildman–Crippen MR) is 59.3 cm³/mol. The minimum absolute atomic E-state index is 0.254. The third-order valence-electron chi connectivity index (χ3n) is 3.07. The molecule has 2 N–H and O–H groups in total. The summed E-state index contributed by atoms with van der Waals surface area (Å²) in [4.78, 5) is 12.8. The number of nitrogens with zero attached hydrogens (tertiary/aromatic N) is 1. The molecule has 2 atom stereocenters. The Kier molecular flexibility index (Phi) is 3.70. The van der Waals surface area contributed by atoms with Crippen molar-refractivity contribution in [1.82, 2.24) is 4.90 Å². The first kappa shape index (κ1) is 14.7. The van der Waals surface area contributed by atoms with Crippen LogP contribution in [0.1, 0.15) is 15.9 Å². The normalized spacial score (nSPS) is 23.2. The molecule has 1 aliphatic heterocycles. The topological polar surface area (TPSA) is 60.8 Å². The average Bonchev–Trinajstić information content (AvgIpc) is 2.68. The number of carbonyl (C=O) groups excluding carboxylic acids is 1. The molecule has 0 spiro atoms. The first-order chi connectivity index (χ1) is 9.20. The van der Waals surface area contributed by atoms with Gasteiger partial charge in [-0.05, 0) is 18.2 Å². The summed E-state index contributed by atoms with van der Waals surface area (Å²) in [6.45, 7) is -0.509. The Hall–Kier alpha value is -1.67. The second kappa shape index (κ2) is 5.02. The number of benzene rings is 1. The van der Waals surface area contributed by atoms with Gasteiger partial charge < -0.3 is 15.1 Å². The number of β-amino-alcohol motifs (C(OH)–C–C–N with tert-alkyl or cyclic N) is 2. The average molecular weight is 293 g/mol. The summed E-state index contributed by atoms with van der Waals surface area (Å²) < 4.78 is 51.1. The van der Waals surface area contributed by atoms with Crippen LogP contribution in [-0.2, 0) is 6.18 Å². The largest absolute Gasteiger partial charge is 0.416 e. The molecule has 0 bridgehead atoms. The van der Waals surface area contributed by atoms with E-state index in [1.165, 1.54) is 0 Å². The second-order valence-corrected chi connectivity index (χ2v) is 4.54. The third-order valence-corrected chi connectivity index (χ3v) is 3.07. The van der Waals surface area contributed by atoms with Gasteiger partial charge in [-0.1, -0.05) is 0 Å². The maximum Gasteiger partial charge on any atom is 0.416 e. The molecule has 110 valence electrons. The highest BCUT2D eigenvalue weighted by molar-refractivity contribution is 5.95. The first-order valence-corrected chi connectivity index (χ1v) is 5.72. The number of aliphatic hydroxyl groups excluding tert-OH is 2. The smallest absolute Gasteiger partial charge is 0.388 e. The fraction of sp³-hybridized carbons (Fsp3) is 0.417. The lowest BCUT2D eigenvalue weighted by Crippen LogP contribution is -2.30. The van der Waals surface area contributed by atoms with E-state index >= 15 is 0 Å². The fourth-order valence-corrected chi connectivity index (χ4v) is 1.97. The van der Waals surface area contributed by atoms with Crippen molar-refractivity contribution in [3.63, 3.8) is 0 Å². The van der Waals surface area contributed by atoms with Gasteiger partial charge in [0, 0.05) is 13.1 Å². The lowest BCUT2D eigenvalue weighted by molar-refractivity contribution is -0.137. The van der Waals surface area contributed by atoms with Crippen LogP contribution in [0.15, 0.2) is 18.2 Å². The van der Waals surface area contributed by atoms with Crippen molar-refractivity contribution >= 4 is 5.91 Å². The molecule has 4 nitrogen and oxygen atoms in total. The highest BCUT2D eigenvalue weighted by Gasteiger charge is 2.36. The van der Waals surface area contributed by atoms with E-state index in [0.29, 0.717) is 18.2 Å². The van der Waals surface area contributed by atoms with Gasteiger partial charge in [0.15, 0.2) is 0 Å². The summed E-state index contributed by atoms with van der Waals surface area (Å²) in [6.07, 6.45) is -7.06. The zero-order valence-corrected chi connectivity index (χ0v) is 10.1. The molecule has 2 rings (SSSR count). The molecule has 0 aliphatic carbocycles. The summed E-state index contributed by atoms with van der Waals surface area (Å²) in [5.74, 6) is -2.08. The standard InChI is InChI=1S/C12H11F4NO3/c13-8-2-1-6(12(14,15)16)3-7(8)11(20)17-4-9(18)10(19)5-17/h1-3,9-10,18-19H,4-5H2/t9-,10+. The van der Waals surface area contributed by atoms with Gasteiger partial charge in [-0.25, -0.2) is 4.39 Å². The van der Waals surface area contributed by atoms with Crippen LogP contribution in [0.5, 0.6) is 0 Å². The number of aliphatic hydroxyl groups is 2. The predicted octanol–water partition coefficient (Wildman–Crippen LogP) is 1.02. The van der Waals surface area contributed by atoms with E-state index in [1.54, 1.807) is 0 Å². The molecular formula is C12H11F4NO3. The quantitative estimate of drug-likeness (QED) is 0.760. The maximum absolute atomic E-state index is 13.5. The van der Waals surface area contributed by atoms with E-state index in [2.05, 4.69) is 0 Å². The van der Waals surface area contributed by atoms with Gasteiger partial charge >= 0.3 is 6.18 Å². The summed E-state index contributed by atoms with van der Waals surface area (Å²) >= 11 is 0. The lowest BCUT2D eigenvalue weighted by atomic mass is 10.1. The molecule has 1 aromatic carbocycles. The van der Waals surface area contributed by atoms with Crippen LogP contribution in [0.3, 0.4) is 0 Å². The number of carbonyl (C=O) groups is 1. The number of likely N-dealkylation sites (tertiary alicyclic amines) is 1. The Morgan fingerprint density at radius 3 is 2.25 bits per heavy atom. The summed E-state index contributed by atoms with van der Waals surface area (Å²) in [7, 11) is 0. The van der Waals surface area contributed by atoms with Crippen LogP contribution in [0.4, 0.5) is 17.6 Å². The number of hydrogen-bond donors (Lipinski definition) is 2. The molecule has 1 aromatic rings. The second-order valence-electron chi connectivity index (χ2n) is 4.54. The zero-order chi connectivity index (χ0) is 15.1. The number of amides is 1. The lowest BCUT2D eigenvalue weighted by Gasteiger charge is -2.17. The summed E-state index contributed by atoms with van der Waals surface area (Å²) in [5.41, 5.74) is -1.87. The number of alkyl halides is 3. The van der Waals surface area contributed by atoms with E-state index in [-0.39, 0.29) is 13.1 Å². The van der Waals surface area contributed by atoms with Gasteiger partial charge in [-0.2, -0.15) is 13.2 Å². The summed E-state index contributed by atoms with van der Waals surface area (Å²) in [5, 5.41) is 18.6. The van der Waals surface area contributed by atoms with Crippen molar-refractivity contribution in [1.29, 1.82) is 0 Å². The Morgan fingerprint density at radius 1 is 1.20 bits per heavy atom. The maximum atomic E-state index is 13.5. The van der Waals surface area contributed by atoms with Crippen LogP contribution in [0.2, 0.25) is 0 Å². The first-order valence-electron chi connectivity index (χ1n) is 5.72. The van der Waals surface area contributed by atoms with Crippen molar-refractivity contribution < 1.29 is 32.6 Å². The molecule has 1 fully saturated rings. The van der Waals surface area contributed by atoms with Crippen LogP contribution in [0, 0.1) is 5.82 Å². The zero-order valence-electron chi connectivity index (χ0n) is 10.1. The van der Waals surface area contributed by atoms with E-state index in [0.717, 1.165) is 4.90 Å². The summed E-state index contributed by atoms with van der Waals surface area (Å²) in [6, 6.07) is 1.54. The van der Waals surface area contributed by atoms with Gasteiger partial charge in [-0.3, -0.25) is 4.79 Å². The molecule has 0 aromatic heterocycles. The van der Waals surface area contributed by atoms with Crippen LogP contribution < -0.4 is 0 Å². The molecule has 1 heterocycles. The SMILES string of the molecule is O=C(c1cc(C(F)(F)F)ccc1F)N1C[C@@H](O)[C@@H](O)C1. The van der Waals surface area contributed by atoms with Crippen LogP contribution in [0.25, 0.3) is 0 Å². The molecule has 20 heavy (non-hydrogen) atoms. The van der Waals surface area contributed by atoms with E-state index in [1.807, 2.05) is 0 Å². The Labute approximate surface area is 111 Å². The van der Waals surface area contributed by atoms with Crippen molar-refractivity contribution in [3.8, 4) is 0 Å². The van der Waals surface area contributed by atoms with E-state index in [4.69, 9.17) is 0 Å². The molecule has 0 unspecified atom stereocenters. The number of hydrogen-bond acceptors (Lipinski definition) is 3. The third kappa shape index (κ3) is 2.75. The van der Waals surface area contributed by atoms with Gasteiger partial charge in [0.2, 0.25) is 0 Å². The Balaban J connectivity index is 2.30.